The maximum Gasteiger partial charge on any atom is 0.307 e. The minimum Gasteiger partial charge on any atom is -0.490 e. The number of unbranched alkanes of at least 4 members (excludes halogenated alkanes) is 2. The summed E-state index contributed by atoms with van der Waals surface area (Å²) in [4.78, 5) is 26.5. The molecule has 31 heavy (non-hydrogen) atoms. The summed E-state index contributed by atoms with van der Waals surface area (Å²) in [7, 11) is 0. The molecule has 1 aromatic carbocycles. The molecule has 0 radical (unpaired) electrons. The molecule has 0 aromatic heterocycles. The Kier molecular flexibility index (Phi) is 10.9. The van der Waals surface area contributed by atoms with Crippen molar-refractivity contribution >= 4 is 46.3 Å². The van der Waals surface area contributed by atoms with E-state index in [1.54, 1.807) is 6.08 Å². The smallest absolute Gasteiger partial charge is 0.307 e. The third kappa shape index (κ3) is 7.85. The lowest BCUT2D eigenvalue weighted by atomic mass is 10.1. The fourth-order valence-electron chi connectivity index (χ4n) is 2.87. The summed E-state index contributed by atoms with van der Waals surface area (Å²) in [6.45, 7) is 7.78. The molecule has 0 spiro atoms. The number of thioether (sulfide) groups is 1. The Hall–Kier alpha value is -2.06. The molecule has 1 heterocycles. The monoisotopic (exact) mass is 465 g/mol. The molecule has 1 amide bonds. The van der Waals surface area contributed by atoms with Gasteiger partial charge in [0.15, 0.2) is 11.5 Å². The summed E-state index contributed by atoms with van der Waals surface area (Å²) in [5.41, 5.74) is 0.826. The number of hydrogen-bond acceptors (Lipinski definition) is 7. The Morgan fingerprint density at radius 3 is 2.61 bits per heavy atom. The molecule has 0 N–H and O–H groups in total. The normalized spacial score (nSPS) is 14.9. The lowest BCUT2D eigenvalue weighted by molar-refractivity contribution is -0.143. The maximum atomic E-state index is 12.8. The first kappa shape index (κ1) is 25.2. The number of thiocarbonyl (C=S) groups is 1. The zero-order chi connectivity index (χ0) is 22.6. The third-order valence-corrected chi connectivity index (χ3v) is 5.83. The van der Waals surface area contributed by atoms with E-state index in [1.807, 2.05) is 32.0 Å². The molecule has 1 aromatic rings. The van der Waals surface area contributed by atoms with Crippen molar-refractivity contribution in [2.45, 2.75) is 52.9 Å². The van der Waals surface area contributed by atoms with Gasteiger partial charge >= 0.3 is 5.97 Å². The van der Waals surface area contributed by atoms with Gasteiger partial charge in [-0.2, -0.15) is 0 Å². The Morgan fingerprint density at radius 1 is 1.10 bits per heavy atom. The molecule has 0 atom stereocenters. The van der Waals surface area contributed by atoms with Crippen LogP contribution in [0, 0.1) is 0 Å². The van der Waals surface area contributed by atoms with Crippen LogP contribution >= 0.6 is 24.0 Å². The average molecular weight is 466 g/mol. The molecule has 1 saturated heterocycles. The van der Waals surface area contributed by atoms with Gasteiger partial charge in [-0.15, -0.1) is 0 Å². The minimum absolute atomic E-state index is 0.123. The molecule has 0 aliphatic carbocycles. The molecular weight excluding hydrogens is 434 g/mol. The van der Waals surface area contributed by atoms with E-state index in [0.717, 1.165) is 31.2 Å². The zero-order valence-corrected chi connectivity index (χ0v) is 20.1. The fraction of sp³-hybridized carbons (Fsp3) is 0.522. The highest BCUT2D eigenvalue weighted by Crippen LogP contribution is 2.35. The van der Waals surface area contributed by atoms with Crippen LogP contribution in [0.3, 0.4) is 0 Å². The number of carbonyl (C=O) groups is 2. The second-order valence-corrected chi connectivity index (χ2v) is 8.67. The number of ether oxygens (including phenoxy) is 3. The van der Waals surface area contributed by atoms with Crippen molar-refractivity contribution in [2.75, 3.05) is 26.4 Å². The number of nitrogens with zero attached hydrogens (tertiary/aromatic N) is 1. The second-order valence-electron chi connectivity index (χ2n) is 7.00. The van der Waals surface area contributed by atoms with E-state index in [0.29, 0.717) is 40.5 Å². The van der Waals surface area contributed by atoms with E-state index in [-0.39, 0.29) is 24.8 Å². The molecular formula is C23H31NO5S2. The molecule has 0 bridgehead atoms. The Bertz CT molecular complexity index is 809. The second kappa shape index (κ2) is 13.4. The van der Waals surface area contributed by atoms with E-state index in [9.17, 15) is 9.59 Å². The number of carbonyl (C=O) groups excluding carboxylic acids is 2. The van der Waals surface area contributed by atoms with Gasteiger partial charge in [0.05, 0.1) is 31.1 Å². The van der Waals surface area contributed by atoms with Gasteiger partial charge in [0.25, 0.3) is 5.91 Å². The van der Waals surface area contributed by atoms with E-state index in [2.05, 4.69) is 6.92 Å². The van der Waals surface area contributed by atoms with Gasteiger partial charge in [0, 0.05) is 6.54 Å². The highest BCUT2D eigenvalue weighted by molar-refractivity contribution is 8.26. The molecule has 1 aliphatic heterocycles. The highest BCUT2D eigenvalue weighted by atomic mass is 32.2. The summed E-state index contributed by atoms with van der Waals surface area (Å²) in [6.07, 6.45) is 5.94. The number of rotatable bonds is 13. The summed E-state index contributed by atoms with van der Waals surface area (Å²) >= 11 is 6.57. The molecule has 2 rings (SSSR count). The summed E-state index contributed by atoms with van der Waals surface area (Å²) in [5.74, 6) is 0.835. The summed E-state index contributed by atoms with van der Waals surface area (Å²) in [6, 6.07) is 5.63. The first-order valence-electron chi connectivity index (χ1n) is 10.8. The van der Waals surface area contributed by atoms with E-state index in [4.69, 9.17) is 26.4 Å². The number of esters is 1. The quantitative estimate of drug-likeness (QED) is 0.172. The van der Waals surface area contributed by atoms with Crippen molar-refractivity contribution in [3.05, 3.63) is 28.7 Å². The van der Waals surface area contributed by atoms with Crippen LogP contribution in [0.2, 0.25) is 0 Å². The van der Waals surface area contributed by atoms with Gasteiger partial charge in [-0.3, -0.25) is 14.5 Å². The van der Waals surface area contributed by atoms with E-state index >= 15 is 0 Å². The molecule has 8 heteroatoms. The van der Waals surface area contributed by atoms with Crippen LogP contribution in [0.4, 0.5) is 0 Å². The van der Waals surface area contributed by atoms with Crippen LogP contribution in [0.25, 0.3) is 6.08 Å². The van der Waals surface area contributed by atoms with Crippen molar-refractivity contribution in [2.24, 2.45) is 0 Å². The van der Waals surface area contributed by atoms with Gasteiger partial charge in [0.1, 0.15) is 4.32 Å². The van der Waals surface area contributed by atoms with Crippen LogP contribution < -0.4 is 9.47 Å². The molecule has 0 unspecified atom stereocenters. The summed E-state index contributed by atoms with van der Waals surface area (Å²) < 4.78 is 17.1. The van der Waals surface area contributed by atoms with Crippen LogP contribution in [0.1, 0.15) is 58.4 Å². The Morgan fingerprint density at radius 2 is 1.90 bits per heavy atom. The SMILES string of the molecule is CCCCCOc1ccc(/C=C2\SC(=S)N(CCC(=O)OCCC)C2=O)cc1OCC. The summed E-state index contributed by atoms with van der Waals surface area (Å²) in [5, 5.41) is 0. The van der Waals surface area contributed by atoms with Crippen molar-refractivity contribution in [1.82, 2.24) is 4.90 Å². The topological polar surface area (TPSA) is 65.1 Å². The van der Waals surface area contributed by atoms with Crippen LogP contribution in [-0.4, -0.2) is 47.5 Å². The molecule has 1 aliphatic rings. The van der Waals surface area contributed by atoms with Crippen LogP contribution in [0.15, 0.2) is 23.1 Å². The van der Waals surface area contributed by atoms with Gasteiger partial charge in [0.2, 0.25) is 0 Å². The molecule has 0 saturated carbocycles. The van der Waals surface area contributed by atoms with Crippen molar-refractivity contribution < 1.29 is 23.8 Å². The fourth-order valence-corrected chi connectivity index (χ4v) is 4.18. The Labute approximate surface area is 194 Å². The molecule has 1 fully saturated rings. The van der Waals surface area contributed by atoms with Gasteiger partial charge in [-0.1, -0.05) is 56.7 Å². The first-order valence-corrected chi connectivity index (χ1v) is 12.0. The van der Waals surface area contributed by atoms with Crippen molar-refractivity contribution in [1.29, 1.82) is 0 Å². The lowest BCUT2D eigenvalue weighted by Gasteiger charge is -2.14. The Balaban J connectivity index is 2.06. The third-order valence-electron chi connectivity index (χ3n) is 4.45. The largest absolute Gasteiger partial charge is 0.490 e. The maximum absolute atomic E-state index is 12.8. The number of benzene rings is 1. The number of amides is 1. The molecule has 6 nitrogen and oxygen atoms in total. The van der Waals surface area contributed by atoms with Gasteiger partial charge in [-0.25, -0.2) is 0 Å². The standard InChI is InChI=1S/C23H31NO5S2/c1-4-7-8-14-28-18-10-9-17(15-19(18)27-6-3)16-20-22(26)24(23(30)31-20)12-11-21(25)29-13-5-2/h9-10,15-16H,4-8,11-14H2,1-3H3/b20-16-. The van der Waals surface area contributed by atoms with Crippen molar-refractivity contribution in [3.63, 3.8) is 0 Å². The lowest BCUT2D eigenvalue weighted by Crippen LogP contribution is -2.30. The van der Waals surface area contributed by atoms with Crippen LogP contribution in [0.5, 0.6) is 11.5 Å². The van der Waals surface area contributed by atoms with Gasteiger partial charge < -0.3 is 14.2 Å². The predicted octanol–water partition coefficient (Wildman–Crippen LogP) is 5.20. The van der Waals surface area contributed by atoms with E-state index in [1.165, 1.54) is 16.7 Å². The molecule has 170 valence electrons. The zero-order valence-electron chi connectivity index (χ0n) is 18.5. The van der Waals surface area contributed by atoms with Crippen molar-refractivity contribution in [3.8, 4) is 11.5 Å². The number of hydrogen-bond donors (Lipinski definition) is 0. The average Bonchev–Trinajstić information content (AvgIpc) is 3.02. The van der Waals surface area contributed by atoms with Gasteiger partial charge in [-0.05, 0) is 43.5 Å². The van der Waals surface area contributed by atoms with E-state index < -0.39 is 0 Å². The predicted molar refractivity (Wildman–Crippen MR) is 128 cm³/mol. The highest BCUT2D eigenvalue weighted by Gasteiger charge is 2.32. The van der Waals surface area contributed by atoms with Crippen LogP contribution in [-0.2, 0) is 14.3 Å². The first-order chi connectivity index (χ1) is 15.0. The minimum atomic E-state index is -0.323.